The Bertz CT molecular complexity index is 1010. The molecule has 0 fully saturated rings. The maximum Gasteiger partial charge on any atom is 0.326 e. The molecule has 2 heterocycles. The van der Waals surface area contributed by atoms with Gasteiger partial charge in [0.2, 0.25) is 5.76 Å². The average Bonchev–Trinajstić information content (AvgIpc) is 2.99. The van der Waals surface area contributed by atoms with Crippen molar-refractivity contribution in [1.29, 1.82) is 0 Å². The zero-order chi connectivity index (χ0) is 19.4. The lowest BCUT2D eigenvalue weighted by atomic mass is 10.3. The van der Waals surface area contributed by atoms with Gasteiger partial charge in [-0.25, -0.2) is 0 Å². The zero-order valence-corrected chi connectivity index (χ0v) is 15.1. The Kier molecular flexibility index (Phi) is 5.50. The highest BCUT2D eigenvalue weighted by atomic mass is 32.1. The molecule has 142 valence electrons. The van der Waals surface area contributed by atoms with E-state index in [9.17, 15) is 19.7 Å². The molecular weight excluding hydrogens is 378 g/mol. The monoisotopic (exact) mass is 393 g/mol. The number of thiazole rings is 1. The Morgan fingerprint density at radius 3 is 2.89 bits per heavy atom. The van der Waals surface area contributed by atoms with Crippen molar-refractivity contribution in [3.63, 3.8) is 0 Å². The molecule has 0 atom stereocenters. The first kappa shape index (κ1) is 18.6. The molecule has 1 aromatic heterocycles. The average molecular weight is 393 g/mol. The van der Waals surface area contributed by atoms with Crippen molar-refractivity contribution in [2.75, 3.05) is 19.8 Å². The summed E-state index contributed by atoms with van der Waals surface area (Å²) in [6.07, 6.45) is 1.18. The lowest BCUT2D eigenvalue weighted by molar-refractivity contribution is -0.384. The quantitative estimate of drug-likeness (QED) is 0.428. The first-order valence-corrected chi connectivity index (χ1v) is 8.78. The van der Waals surface area contributed by atoms with Gasteiger partial charge in [-0.1, -0.05) is 11.3 Å². The zero-order valence-electron chi connectivity index (χ0n) is 14.2. The van der Waals surface area contributed by atoms with Crippen LogP contribution in [0.1, 0.15) is 6.92 Å². The van der Waals surface area contributed by atoms with Crippen LogP contribution < -0.4 is 4.80 Å². The molecule has 0 spiro atoms. The molecule has 0 unspecified atom stereocenters. The fraction of sp³-hybridized carbons (Fsp3) is 0.312. The molecule has 11 heteroatoms. The number of ether oxygens (including phenoxy) is 3. The third kappa shape index (κ3) is 4.14. The lowest BCUT2D eigenvalue weighted by Gasteiger charge is -2.12. The van der Waals surface area contributed by atoms with Crippen molar-refractivity contribution in [3.8, 4) is 0 Å². The highest BCUT2D eigenvalue weighted by Gasteiger charge is 2.18. The predicted octanol–water partition coefficient (Wildman–Crippen LogP) is 1.49. The maximum atomic E-state index is 12.3. The van der Waals surface area contributed by atoms with Gasteiger partial charge in [-0.15, -0.1) is 0 Å². The molecule has 0 bridgehead atoms. The van der Waals surface area contributed by atoms with E-state index in [4.69, 9.17) is 14.2 Å². The number of nitro benzene ring substituents is 1. The Balaban J connectivity index is 2.10. The molecule has 0 aliphatic carbocycles. The van der Waals surface area contributed by atoms with E-state index in [0.717, 1.165) is 11.3 Å². The topological polar surface area (TPSA) is 122 Å². The van der Waals surface area contributed by atoms with E-state index in [1.54, 1.807) is 13.0 Å². The van der Waals surface area contributed by atoms with Gasteiger partial charge in [0.05, 0.1) is 21.7 Å². The van der Waals surface area contributed by atoms with Gasteiger partial charge in [-0.2, -0.15) is 4.99 Å². The largest absolute Gasteiger partial charge is 0.494 e. The van der Waals surface area contributed by atoms with E-state index >= 15 is 0 Å². The van der Waals surface area contributed by atoms with Crippen LogP contribution in [0.5, 0.6) is 0 Å². The summed E-state index contributed by atoms with van der Waals surface area (Å²) in [4.78, 5) is 39.0. The minimum atomic E-state index is -0.673. The molecule has 1 amide bonds. The first-order chi connectivity index (χ1) is 13.0. The highest BCUT2D eigenvalue weighted by molar-refractivity contribution is 7.16. The number of rotatable bonds is 5. The number of amides is 1. The van der Waals surface area contributed by atoms with Crippen LogP contribution >= 0.6 is 11.3 Å². The number of esters is 1. The SMILES string of the molecule is CCOC(=O)Cn1c(=NC(=O)C2=COCCO2)sc2ccc([N+](=O)[O-])cc21. The third-order valence-corrected chi connectivity index (χ3v) is 4.59. The second-order valence-corrected chi connectivity index (χ2v) is 6.31. The Morgan fingerprint density at radius 1 is 1.41 bits per heavy atom. The summed E-state index contributed by atoms with van der Waals surface area (Å²) >= 11 is 1.12. The van der Waals surface area contributed by atoms with Crippen LogP contribution in [-0.4, -0.2) is 41.2 Å². The Hall–Kier alpha value is -3.21. The van der Waals surface area contributed by atoms with Crippen molar-refractivity contribution < 1.29 is 28.7 Å². The second-order valence-electron chi connectivity index (χ2n) is 5.30. The van der Waals surface area contributed by atoms with Crippen molar-refractivity contribution in [1.82, 2.24) is 4.57 Å². The van der Waals surface area contributed by atoms with E-state index in [1.165, 1.54) is 23.0 Å². The van der Waals surface area contributed by atoms with Crippen LogP contribution in [0.2, 0.25) is 0 Å². The first-order valence-electron chi connectivity index (χ1n) is 7.96. The summed E-state index contributed by atoms with van der Waals surface area (Å²) in [5, 5.41) is 11.1. The number of fused-ring (bicyclic) bond motifs is 1. The lowest BCUT2D eigenvalue weighted by Crippen LogP contribution is -2.24. The Morgan fingerprint density at radius 2 is 2.22 bits per heavy atom. The minimum absolute atomic E-state index is 0.0487. The molecule has 10 nitrogen and oxygen atoms in total. The molecule has 2 aromatic rings. The van der Waals surface area contributed by atoms with E-state index < -0.39 is 16.8 Å². The Labute approximate surface area is 156 Å². The second kappa shape index (κ2) is 7.99. The summed E-state index contributed by atoms with van der Waals surface area (Å²) < 4.78 is 17.2. The normalized spacial score (nSPS) is 14.3. The number of aromatic nitrogens is 1. The van der Waals surface area contributed by atoms with Gasteiger partial charge < -0.3 is 18.8 Å². The molecule has 0 saturated heterocycles. The number of hydrogen-bond acceptors (Lipinski definition) is 8. The van der Waals surface area contributed by atoms with Crippen molar-refractivity contribution in [2.45, 2.75) is 13.5 Å². The van der Waals surface area contributed by atoms with Crippen LogP contribution in [0.4, 0.5) is 5.69 Å². The number of benzene rings is 1. The van der Waals surface area contributed by atoms with Crippen LogP contribution in [0.15, 0.2) is 35.2 Å². The van der Waals surface area contributed by atoms with Crippen LogP contribution in [0, 0.1) is 10.1 Å². The van der Waals surface area contributed by atoms with Gasteiger partial charge >= 0.3 is 11.9 Å². The number of hydrogen-bond donors (Lipinski definition) is 0. The third-order valence-electron chi connectivity index (χ3n) is 3.53. The molecule has 3 rings (SSSR count). The van der Waals surface area contributed by atoms with Gasteiger partial charge in [-0.05, 0) is 13.0 Å². The molecule has 27 heavy (non-hydrogen) atoms. The van der Waals surface area contributed by atoms with E-state index in [-0.39, 0.29) is 36.0 Å². The van der Waals surface area contributed by atoms with E-state index in [1.807, 2.05) is 0 Å². The number of nitrogens with zero attached hydrogens (tertiary/aromatic N) is 3. The molecule has 0 saturated carbocycles. The maximum absolute atomic E-state index is 12.3. The fourth-order valence-corrected chi connectivity index (χ4v) is 3.38. The van der Waals surface area contributed by atoms with Crippen molar-refractivity contribution >= 4 is 39.1 Å². The summed E-state index contributed by atoms with van der Waals surface area (Å²) in [5.41, 5.74) is 0.270. The van der Waals surface area contributed by atoms with E-state index in [0.29, 0.717) is 16.8 Å². The van der Waals surface area contributed by atoms with E-state index in [2.05, 4.69) is 4.99 Å². The predicted molar refractivity (Wildman–Crippen MR) is 93.7 cm³/mol. The number of carbonyl (C=O) groups is 2. The van der Waals surface area contributed by atoms with Gasteiger partial charge in [0.15, 0.2) is 4.80 Å². The molecule has 1 aliphatic rings. The van der Waals surface area contributed by atoms with Crippen molar-refractivity contribution in [3.05, 3.63) is 45.1 Å². The molecule has 1 aliphatic heterocycles. The van der Waals surface area contributed by atoms with Gasteiger partial charge in [0.25, 0.3) is 5.69 Å². The van der Waals surface area contributed by atoms with Gasteiger partial charge in [-0.3, -0.25) is 19.7 Å². The number of non-ortho nitro benzene ring substituents is 1. The van der Waals surface area contributed by atoms with Crippen LogP contribution in [0.3, 0.4) is 0 Å². The highest BCUT2D eigenvalue weighted by Crippen LogP contribution is 2.23. The van der Waals surface area contributed by atoms with Crippen LogP contribution in [-0.2, 0) is 30.3 Å². The summed E-state index contributed by atoms with van der Waals surface area (Å²) in [7, 11) is 0. The summed E-state index contributed by atoms with van der Waals surface area (Å²) in [6, 6.07) is 4.22. The molecule has 1 aromatic carbocycles. The van der Waals surface area contributed by atoms with Gasteiger partial charge in [0.1, 0.15) is 26.0 Å². The fourth-order valence-electron chi connectivity index (χ4n) is 2.37. The molecular formula is C16H15N3O7S. The smallest absolute Gasteiger partial charge is 0.326 e. The molecule has 0 N–H and O–H groups in total. The van der Waals surface area contributed by atoms with Crippen LogP contribution in [0.25, 0.3) is 10.2 Å². The van der Waals surface area contributed by atoms with Crippen molar-refractivity contribution in [2.24, 2.45) is 4.99 Å². The molecule has 0 radical (unpaired) electrons. The summed E-state index contributed by atoms with van der Waals surface area (Å²) in [5.74, 6) is -1.27. The summed E-state index contributed by atoms with van der Waals surface area (Å²) in [6.45, 7) is 2.18. The van der Waals surface area contributed by atoms with Gasteiger partial charge in [0, 0.05) is 12.1 Å². The standard InChI is InChI=1S/C16H15N3O7S/c1-2-25-14(20)8-18-11-7-10(19(22)23)3-4-13(11)27-16(18)17-15(21)12-9-24-5-6-26-12/h3-4,7,9H,2,5-6,8H2,1H3. The minimum Gasteiger partial charge on any atom is -0.494 e. The number of nitro groups is 1. The number of carbonyl (C=O) groups excluding carboxylic acids is 2.